The third-order valence-electron chi connectivity index (χ3n) is 2.36. The molecule has 5 heteroatoms. The van der Waals surface area contributed by atoms with Gasteiger partial charge in [-0.05, 0) is 19.1 Å². The van der Waals surface area contributed by atoms with Crippen molar-refractivity contribution < 1.29 is 19.4 Å². The van der Waals surface area contributed by atoms with Crippen molar-refractivity contribution in [2.75, 3.05) is 7.11 Å². The van der Waals surface area contributed by atoms with Gasteiger partial charge in [-0.1, -0.05) is 0 Å². The van der Waals surface area contributed by atoms with Gasteiger partial charge in [0.15, 0.2) is 11.5 Å². The lowest BCUT2D eigenvalue weighted by Crippen LogP contribution is -2.03. The maximum absolute atomic E-state index is 11.7. The van der Waals surface area contributed by atoms with Crippen LogP contribution in [-0.4, -0.2) is 17.3 Å². The first kappa shape index (κ1) is 10.4. The van der Waals surface area contributed by atoms with Gasteiger partial charge in [0.2, 0.25) is 11.2 Å². The average Bonchev–Trinajstić information content (AvgIpc) is 2.26. The van der Waals surface area contributed by atoms with E-state index in [0.717, 1.165) is 0 Å². The SMILES string of the molecule is COc1ccc2oc(C)c(O)c(=O)c2c1O. The zero-order chi connectivity index (χ0) is 11.9. The molecule has 0 aliphatic carbocycles. The lowest BCUT2D eigenvalue weighted by Gasteiger charge is -2.06. The van der Waals surface area contributed by atoms with E-state index < -0.39 is 11.2 Å². The largest absolute Gasteiger partial charge is 0.504 e. The smallest absolute Gasteiger partial charge is 0.238 e. The summed E-state index contributed by atoms with van der Waals surface area (Å²) in [5, 5.41) is 19.1. The van der Waals surface area contributed by atoms with Crippen LogP contribution in [0.3, 0.4) is 0 Å². The predicted octanol–water partition coefficient (Wildman–Crippen LogP) is 1.52. The summed E-state index contributed by atoms with van der Waals surface area (Å²) in [7, 11) is 1.37. The van der Waals surface area contributed by atoms with Gasteiger partial charge < -0.3 is 19.4 Å². The zero-order valence-corrected chi connectivity index (χ0v) is 8.77. The number of ether oxygens (including phenoxy) is 1. The zero-order valence-electron chi connectivity index (χ0n) is 8.77. The van der Waals surface area contributed by atoms with E-state index in [1.165, 1.54) is 26.2 Å². The Kier molecular flexibility index (Phi) is 2.23. The highest BCUT2D eigenvalue weighted by Gasteiger charge is 2.16. The number of rotatable bonds is 1. The van der Waals surface area contributed by atoms with E-state index >= 15 is 0 Å². The maximum atomic E-state index is 11.7. The van der Waals surface area contributed by atoms with Crippen LogP contribution in [0.5, 0.6) is 17.2 Å². The molecule has 0 saturated carbocycles. The molecule has 0 atom stereocenters. The summed E-state index contributed by atoms with van der Waals surface area (Å²) < 4.78 is 10.1. The van der Waals surface area contributed by atoms with E-state index in [1.807, 2.05) is 0 Å². The number of aromatic hydroxyl groups is 2. The third-order valence-corrected chi connectivity index (χ3v) is 2.36. The lowest BCUT2D eigenvalue weighted by molar-refractivity contribution is 0.374. The number of benzene rings is 1. The molecule has 0 radical (unpaired) electrons. The first-order valence-corrected chi connectivity index (χ1v) is 4.58. The Bertz CT molecular complexity index is 612. The Morgan fingerprint density at radius 1 is 1.25 bits per heavy atom. The van der Waals surface area contributed by atoms with E-state index in [2.05, 4.69) is 0 Å². The van der Waals surface area contributed by atoms with Crippen LogP contribution >= 0.6 is 0 Å². The maximum Gasteiger partial charge on any atom is 0.238 e. The Balaban J connectivity index is 2.99. The standard InChI is InChI=1S/C11H10O5/c1-5-9(12)11(14)8-6(16-5)3-4-7(15-2)10(8)13/h3-4,12-13H,1-2H3. The molecule has 0 bridgehead atoms. The number of methoxy groups -OCH3 is 1. The summed E-state index contributed by atoms with van der Waals surface area (Å²) in [6.07, 6.45) is 0. The molecule has 5 nitrogen and oxygen atoms in total. The van der Waals surface area contributed by atoms with Crippen LogP contribution in [0, 0.1) is 6.92 Å². The van der Waals surface area contributed by atoms with Gasteiger partial charge in [0.05, 0.1) is 7.11 Å². The summed E-state index contributed by atoms with van der Waals surface area (Å²) in [5.74, 6) is -0.565. The number of hydrogen-bond acceptors (Lipinski definition) is 5. The van der Waals surface area contributed by atoms with E-state index in [4.69, 9.17) is 9.15 Å². The fourth-order valence-electron chi connectivity index (χ4n) is 1.51. The van der Waals surface area contributed by atoms with Gasteiger partial charge in [-0.15, -0.1) is 0 Å². The molecular weight excluding hydrogens is 212 g/mol. The van der Waals surface area contributed by atoms with E-state index in [0.29, 0.717) is 0 Å². The summed E-state index contributed by atoms with van der Waals surface area (Å²) in [5.41, 5.74) is -0.464. The van der Waals surface area contributed by atoms with Crippen LogP contribution in [0.15, 0.2) is 21.3 Å². The second-order valence-corrected chi connectivity index (χ2v) is 3.33. The Morgan fingerprint density at radius 2 is 1.94 bits per heavy atom. The molecule has 0 spiro atoms. The quantitative estimate of drug-likeness (QED) is 0.764. The van der Waals surface area contributed by atoms with Crippen molar-refractivity contribution >= 4 is 11.0 Å². The third kappa shape index (κ3) is 1.29. The number of hydrogen-bond donors (Lipinski definition) is 2. The topological polar surface area (TPSA) is 79.9 Å². The minimum atomic E-state index is -0.671. The van der Waals surface area contributed by atoms with Gasteiger partial charge in [0, 0.05) is 0 Å². The monoisotopic (exact) mass is 222 g/mol. The number of fused-ring (bicyclic) bond motifs is 1. The molecule has 1 aromatic carbocycles. The fraction of sp³-hybridized carbons (Fsp3) is 0.182. The predicted molar refractivity (Wildman–Crippen MR) is 57.1 cm³/mol. The van der Waals surface area contributed by atoms with Gasteiger partial charge in [0.1, 0.15) is 16.7 Å². The second-order valence-electron chi connectivity index (χ2n) is 3.33. The minimum absolute atomic E-state index is 0.0811. The van der Waals surface area contributed by atoms with Crippen molar-refractivity contribution in [3.63, 3.8) is 0 Å². The molecule has 2 rings (SSSR count). The summed E-state index contributed by atoms with van der Waals surface area (Å²) >= 11 is 0. The van der Waals surface area contributed by atoms with Crippen molar-refractivity contribution in [3.8, 4) is 17.2 Å². The van der Waals surface area contributed by atoms with Gasteiger partial charge in [-0.2, -0.15) is 0 Å². The van der Waals surface area contributed by atoms with Gasteiger partial charge >= 0.3 is 0 Å². The molecule has 1 aromatic heterocycles. The average molecular weight is 222 g/mol. The van der Waals surface area contributed by atoms with Crippen LogP contribution in [0.1, 0.15) is 5.76 Å². The van der Waals surface area contributed by atoms with Crippen LogP contribution < -0.4 is 10.2 Å². The molecule has 0 aliphatic rings. The molecule has 84 valence electrons. The van der Waals surface area contributed by atoms with Crippen molar-refractivity contribution in [2.24, 2.45) is 0 Å². The molecular formula is C11H10O5. The Labute approximate surface area is 90.5 Å². The Hall–Kier alpha value is -2.17. The highest BCUT2D eigenvalue weighted by Crippen LogP contribution is 2.33. The van der Waals surface area contributed by atoms with E-state index in [9.17, 15) is 15.0 Å². The van der Waals surface area contributed by atoms with Crippen molar-refractivity contribution in [2.45, 2.75) is 6.92 Å². The van der Waals surface area contributed by atoms with Crippen LogP contribution in [0.25, 0.3) is 11.0 Å². The first-order valence-electron chi connectivity index (χ1n) is 4.58. The molecule has 16 heavy (non-hydrogen) atoms. The molecule has 0 fully saturated rings. The molecule has 0 amide bonds. The molecule has 2 aromatic rings. The molecule has 1 heterocycles. The van der Waals surface area contributed by atoms with Gasteiger partial charge in [-0.3, -0.25) is 4.79 Å². The fourth-order valence-corrected chi connectivity index (χ4v) is 1.51. The number of aryl methyl sites for hydroxylation is 1. The van der Waals surface area contributed by atoms with Crippen molar-refractivity contribution in [1.29, 1.82) is 0 Å². The second kappa shape index (κ2) is 3.44. The van der Waals surface area contributed by atoms with E-state index in [-0.39, 0.29) is 28.2 Å². The summed E-state index contributed by atoms with van der Waals surface area (Å²) in [4.78, 5) is 11.7. The summed E-state index contributed by atoms with van der Waals surface area (Å²) in [6.45, 7) is 1.47. The van der Waals surface area contributed by atoms with Gasteiger partial charge in [0.25, 0.3) is 0 Å². The molecule has 0 unspecified atom stereocenters. The highest BCUT2D eigenvalue weighted by atomic mass is 16.5. The molecule has 2 N–H and O–H groups in total. The number of phenolic OH excluding ortho intramolecular Hbond substituents is 1. The minimum Gasteiger partial charge on any atom is -0.504 e. The molecule has 0 saturated heterocycles. The lowest BCUT2D eigenvalue weighted by atomic mass is 10.2. The van der Waals surface area contributed by atoms with Crippen LogP contribution in [0.2, 0.25) is 0 Å². The summed E-state index contributed by atoms with van der Waals surface area (Å²) in [6, 6.07) is 2.98. The van der Waals surface area contributed by atoms with Crippen molar-refractivity contribution in [3.05, 3.63) is 28.1 Å². The van der Waals surface area contributed by atoms with Crippen LogP contribution in [-0.2, 0) is 0 Å². The Morgan fingerprint density at radius 3 is 2.56 bits per heavy atom. The van der Waals surface area contributed by atoms with Crippen molar-refractivity contribution in [1.82, 2.24) is 0 Å². The van der Waals surface area contributed by atoms with Gasteiger partial charge in [-0.25, -0.2) is 0 Å². The van der Waals surface area contributed by atoms with E-state index in [1.54, 1.807) is 0 Å². The molecule has 0 aliphatic heterocycles. The first-order chi connectivity index (χ1) is 7.56. The normalized spacial score (nSPS) is 10.6. The number of phenols is 1. The highest BCUT2D eigenvalue weighted by molar-refractivity contribution is 5.87. The van der Waals surface area contributed by atoms with Crippen LogP contribution in [0.4, 0.5) is 0 Å².